The van der Waals surface area contributed by atoms with E-state index in [0.29, 0.717) is 0 Å². The molecule has 0 N–H and O–H groups in total. The number of hydrogen-bond donors (Lipinski definition) is 0. The van der Waals surface area contributed by atoms with Gasteiger partial charge in [0.2, 0.25) is 0 Å². The predicted molar refractivity (Wildman–Crippen MR) is 83.0 cm³/mol. The quantitative estimate of drug-likeness (QED) is 0.342. The third kappa shape index (κ3) is 197. The molecule has 0 aromatic heterocycles. The second kappa shape index (κ2) is 216. The van der Waals surface area contributed by atoms with Gasteiger partial charge in [0.15, 0.2) is 0 Å². The summed E-state index contributed by atoms with van der Waals surface area (Å²) in [4.78, 5) is 0. The Morgan fingerprint density at radius 2 is 0.118 bits per heavy atom. The fraction of sp³-hybridized carbons (Fsp3) is 0. The largest absolute Gasteiger partial charge is 0.197 e. The SMILES string of the molecule is S.S.S.S.S.S.S.S.[Co].[Co].[Co].[Co].[Co].[Co].[Co].[Co].[Co]. The molecule has 0 aliphatic heterocycles. The Hall–Kier alpha value is 7.36. The van der Waals surface area contributed by atoms with Gasteiger partial charge in [-0.25, -0.2) is 0 Å². The van der Waals surface area contributed by atoms with Crippen molar-refractivity contribution in [2.45, 2.75) is 0 Å². The van der Waals surface area contributed by atoms with E-state index in [0.717, 1.165) is 0 Å². The molecule has 145 valence electrons. The second-order valence-corrected chi connectivity index (χ2v) is 0. The molecule has 0 heterocycles. The molecule has 0 bridgehead atoms. The minimum absolute atomic E-state index is 0. The topological polar surface area (TPSA) is 0 Å². The van der Waals surface area contributed by atoms with E-state index in [1.165, 1.54) is 0 Å². The predicted octanol–water partition coefficient (Wildman–Crippen LogP) is 0.880. The molecule has 0 fully saturated rings. The Kier molecular flexibility index (Phi) is 3110. The van der Waals surface area contributed by atoms with Gasteiger partial charge in [-0.05, 0) is 0 Å². The van der Waals surface area contributed by atoms with Gasteiger partial charge in [-0.2, -0.15) is 108 Å². The van der Waals surface area contributed by atoms with Gasteiger partial charge in [0.05, 0.1) is 0 Å². The number of hydrogen-bond acceptors (Lipinski definition) is 0. The fourth-order valence-corrected chi connectivity index (χ4v) is 0. The van der Waals surface area contributed by atoms with Crippen molar-refractivity contribution in [2.24, 2.45) is 0 Å². The Labute approximate surface area is 254 Å². The molecule has 0 aromatic rings. The summed E-state index contributed by atoms with van der Waals surface area (Å²) in [5.74, 6) is 0. The average Bonchev–Trinajstić information content (AvgIpc) is 0. The van der Waals surface area contributed by atoms with E-state index in [9.17, 15) is 0 Å². The summed E-state index contributed by atoms with van der Waals surface area (Å²) in [6, 6.07) is 0. The zero-order chi connectivity index (χ0) is 0. The Morgan fingerprint density at radius 1 is 0.118 bits per heavy atom. The summed E-state index contributed by atoms with van der Waals surface area (Å²) < 4.78 is 0. The molecule has 0 rings (SSSR count). The van der Waals surface area contributed by atoms with Crippen molar-refractivity contribution >= 4 is 108 Å². The van der Waals surface area contributed by atoms with Crippen LogP contribution in [0.15, 0.2) is 0 Å². The Bertz CT molecular complexity index is 17.0. The Balaban J connectivity index is 0. The number of rotatable bonds is 0. The van der Waals surface area contributed by atoms with Crippen LogP contribution < -0.4 is 0 Å². The van der Waals surface area contributed by atoms with Crippen LogP contribution in [0.2, 0.25) is 0 Å². The van der Waals surface area contributed by atoms with Crippen LogP contribution in [0.25, 0.3) is 0 Å². The standard InChI is InChI=1S/9Co.8H2S/h;;;;;;;;;8*1H2. The van der Waals surface area contributed by atoms with Gasteiger partial charge >= 0.3 is 0 Å². The molecule has 0 aliphatic carbocycles. The molecule has 0 amide bonds. The molecule has 0 spiro atoms. The van der Waals surface area contributed by atoms with Crippen LogP contribution in [0.3, 0.4) is 0 Å². The fourth-order valence-electron chi connectivity index (χ4n) is 0. The van der Waals surface area contributed by atoms with Crippen LogP contribution in [0.4, 0.5) is 0 Å². The van der Waals surface area contributed by atoms with Gasteiger partial charge in [-0.1, -0.05) is 0 Å². The first-order valence-corrected chi connectivity index (χ1v) is 0. The normalized spacial score (nSPS) is 0. The van der Waals surface area contributed by atoms with Crippen LogP contribution >= 0.6 is 108 Å². The van der Waals surface area contributed by atoms with Gasteiger partial charge in [0.25, 0.3) is 0 Å². The maximum Gasteiger partial charge on any atom is 0 e. The molecular formula is H16Co9S8. The van der Waals surface area contributed by atoms with E-state index in [4.69, 9.17) is 0 Å². The third-order valence-corrected chi connectivity index (χ3v) is 0. The summed E-state index contributed by atoms with van der Waals surface area (Å²) in [5.41, 5.74) is 0. The van der Waals surface area contributed by atoms with Crippen LogP contribution in [0.5, 0.6) is 0 Å². The molecule has 0 aromatic carbocycles. The average molecular weight is 803 g/mol. The molecule has 0 unspecified atom stereocenters. The van der Waals surface area contributed by atoms with E-state index in [1.807, 2.05) is 0 Å². The van der Waals surface area contributed by atoms with E-state index in [-0.39, 0.29) is 259 Å². The molecule has 0 atom stereocenters. The van der Waals surface area contributed by atoms with Crippen molar-refractivity contribution in [1.29, 1.82) is 0 Å². The van der Waals surface area contributed by atoms with Crippen molar-refractivity contribution in [3.63, 3.8) is 0 Å². The maximum absolute atomic E-state index is 0. The second-order valence-electron chi connectivity index (χ2n) is 0. The summed E-state index contributed by atoms with van der Waals surface area (Å²) in [7, 11) is 0. The van der Waals surface area contributed by atoms with Gasteiger partial charge < -0.3 is 0 Å². The minimum Gasteiger partial charge on any atom is -0.197 e. The molecular weight excluding hydrogens is 787 g/mol. The van der Waals surface area contributed by atoms with Crippen LogP contribution in [-0.2, 0) is 151 Å². The monoisotopic (exact) mass is 802 g/mol. The summed E-state index contributed by atoms with van der Waals surface area (Å²) in [5, 5.41) is 0. The van der Waals surface area contributed by atoms with Crippen LogP contribution in [-0.4, -0.2) is 0 Å². The maximum atomic E-state index is 0. The zero-order valence-corrected chi connectivity index (χ0v) is 24.4. The van der Waals surface area contributed by atoms with E-state index < -0.39 is 0 Å². The van der Waals surface area contributed by atoms with E-state index in [2.05, 4.69) is 0 Å². The molecule has 9 radical (unpaired) electrons. The van der Waals surface area contributed by atoms with Crippen molar-refractivity contribution < 1.29 is 151 Å². The first kappa shape index (κ1) is 245. The van der Waals surface area contributed by atoms with Gasteiger partial charge in [-0.3, -0.25) is 0 Å². The van der Waals surface area contributed by atoms with Gasteiger partial charge in [0, 0.05) is 151 Å². The molecule has 17 heavy (non-hydrogen) atoms. The van der Waals surface area contributed by atoms with E-state index >= 15 is 0 Å². The minimum atomic E-state index is 0. The molecule has 0 saturated heterocycles. The van der Waals surface area contributed by atoms with E-state index in [1.54, 1.807) is 0 Å². The van der Waals surface area contributed by atoms with Crippen LogP contribution in [0.1, 0.15) is 0 Å². The van der Waals surface area contributed by atoms with Crippen LogP contribution in [0, 0.1) is 0 Å². The van der Waals surface area contributed by atoms with Gasteiger partial charge in [-0.15, -0.1) is 0 Å². The van der Waals surface area contributed by atoms with Crippen molar-refractivity contribution in [1.82, 2.24) is 0 Å². The summed E-state index contributed by atoms with van der Waals surface area (Å²) >= 11 is 0. The van der Waals surface area contributed by atoms with Crippen molar-refractivity contribution in [3.8, 4) is 0 Å². The molecule has 0 aliphatic rings. The third-order valence-electron chi connectivity index (χ3n) is 0. The molecule has 0 nitrogen and oxygen atoms in total. The first-order chi connectivity index (χ1) is 0. The van der Waals surface area contributed by atoms with Gasteiger partial charge in [0.1, 0.15) is 0 Å². The summed E-state index contributed by atoms with van der Waals surface area (Å²) in [6.45, 7) is 0. The molecule has 17 heteroatoms. The summed E-state index contributed by atoms with van der Waals surface area (Å²) in [6.07, 6.45) is 0. The smallest absolute Gasteiger partial charge is 0 e. The molecule has 0 saturated carbocycles. The van der Waals surface area contributed by atoms with Crippen molar-refractivity contribution in [2.75, 3.05) is 0 Å². The first-order valence-electron chi connectivity index (χ1n) is 0. The van der Waals surface area contributed by atoms with Crippen molar-refractivity contribution in [3.05, 3.63) is 0 Å². The zero-order valence-electron chi connectivity index (χ0n) is 7.00. The Morgan fingerprint density at radius 3 is 0.118 bits per heavy atom.